The minimum Gasteiger partial charge on any atom is -0.280 e. The average Bonchev–Trinajstić information content (AvgIpc) is 2.62. The Balaban J connectivity index is 2.28. The van der Waals surface area contributed by atoms with Gasteiger partial charge < -0.3 is 0 Å². The van der Waals surface area contributed by atoms with E-state index in [1.165, 1.54) is 46.8 Å². The van der Waals surface area contributed by atoms with E-state index in [-0.39, 0.29) is 21.2 Å². The molecule has 2 aromatic rings. The largest absolute Gasteiger partial charge is 0.280 e. The van der Waals surface area contributed by atoms with Gasteiger partial charge in [-0.1, -0.05) is 19.9 Å². The lowest BCUT2D eigenvalue weighted by Crippen LogP contribution is -2.30. The SMILES string of the molecule is CCN(CC)S(=O)(=O)c1ccc(NS(=O)(=O)c2cccc([N+](=O)[O-])c2)cc1. The van der Waals surface area contributed by atoms with E-state index in [1.54, 1.807) is 13.8 Å². The van der Waals surface area contributed by atoms with Gasteiger partial charge in [0.2, 0.25) is 10.0 Å². The predicted molar refractivity (Wildman–Crippen MR) is 100 cm³/mol. The minimum atomic E-state index is -4.06. The maximum absolute atomic E-state index is 12.4. The molecule has 9 nitrogen and oxygen atoms in total. The van der Waals surface area contributed by atoms with Crippen LogP contribution in [0.25, 0.3) is 0 Å². The second-order valence-corrected chi connectivity index (χ2v) is 9.09. The number of sulfonamides is 2. The molecule has 0 aliphatic rings. The van der Waals surface area contributed by atoms with Crippen molar-refractivity contribution in [2.45, 2.75) is 23.6 Å². The lowest BCUT2D eigenvalue weighted by Gasteiger charge is -2.18. The second-order valence-electron chi connectivity index (χ2n) is 5.47. The summed E-state index contributed by atoms with van der Waals surface area (Å²) in [6, 6.07) is 9.89. The standard InChI is InChI=1S/C16H19N3O6S2/c1-3-18(4-2)27(24,25)15-10-8-13(9-11-15)17-26(22,23)16-7-5-6-14(12-16)19(20)21/h5-12,17H,3-4H2,1-2H3. The van der Waals surface area contributed by atoms with Crippen LogP contribution >= 0.6 is 0 Å². The van der Waals surface area contributed by atoms with Crippen molar-refractivity contribution in [1.29, 1.82) is 0 Å². The smallest absolute Gasteiger partial charge is 0.270 e. The Bertz CT molecular complexity index is 1030. The molecular formula is C16H19N3O6S2. The Kier molecular flexibility index (Phi) is 6.19. The van der Waals surface area contributed by atoms with Crippen molar-refractivity contribution < 1.29 is 21.8 Å². The zero-order chi connectivity index (χ0) is 20.2. The van der Waals surface area contributed by atoms with E-state index in [0.717, 1.165) is 6.07 Å². The van der Waals surface area contributed by atoms with Gasteiger partial charge in [0.15, 0.2) is 0 Å². The third-order valence-electron chi connectivity index (χ3n) is 3.79. The summed E-state index contributed by atoms with van der Waals surface area (Å²) < 4.78 is 53.2. The molecule has 0 atom stereocenters. The average molecular weight is 413 g/mol. The molecule has 27 heavy (non-hydrogen) atoms. The molecule has 0 saturated carbocycles. The van der Waals surface area contributed by atoms with Gasteiger partial charge in [-0.3, -0.25) is 14.8 Å². The highest BCUT2D eigenvalue weighted by Gasteiger charge is 2.22. The van der Waals surface area contributed by atoms with Crippen molar-refractivity contribution in [2.24, 2.45) is 0 Å². The summed E-state index contributed by atoms with van der Waals surface area (Å²) in [6.45, 7) is 4.09. The van der Waals surface area contributed by atoms with Crippen molar-refractivity contribution in [3.8, 4) is 0 Å². The fourth-order valence-electron chi connectivity index (χ4n) is 2.39. The summed E-state index contributed by atoms with van der Waals surface area (Å²) in [4.78, 5) is 9.89. The van der Waals surface area contributed by atoms with Crippen LogP contribution in [0.1, 0.15) is 13.8 Å². The number of hydrogen-bond donors (Lipinski definition) is 1. The lowest BCUT2D eigenvalue weighted by atomic mass is 10.3. The van der Waals surface area contributed by atoms with Gasteiger partial charge in [-0.25, -0.2) is 16.8 Å². The summed E-state index contributed by atoms with van der Waals surface area (Å²) in [5.74, 6) is 0. The first kappa shape index (κ1) is 20.8. The molecule has 0 radical (unpaired) electrons. The van der Waals surface area contributed by atoms with Crippen LogP contribution in [0, 0.1) is 10.1 Å². The van der Waals surface area contributed by atoms with E-state index in [1.807, 2.05) is 0 Å². The maximum Gasteiger partial charge on any atom is 0.270 e. The van der Waals surface area contributed by atoms with Gasteiger partial charge >= 0.3 is 0 Å². The molecule has 1 N–H and O–H groups in total. The Hall–Kier alpha value is -2.50. The topological polar surface area (TPSA) is 127 Å². The third kappa shape index (κ3) is 4.62. The van der Waals surface area contributed by atoms with Gasteiger partial charge in [-0.2, -0.15) is 4.31 Å². The molecular weight excluding hydrogens is 394 g/mol. The molecule has 0 aliphatic carbocycles. The van der Waals surface area contributed by atoms with Gasteiger partial charge in [-0.05, 0) is 30.3 Å². The number of nitro groups is 1. The summed E-state index contributed by atoms with van der Waals surface area (Å²) >= 11 is 0. The zero-order valence-corrected chi connectivity index (χ0v) is 16.3. The molecule has 146 valence electrons. The van der Waals surface area contributed by atoms with E-state index in [0.29, 0.717) is 13.1 Å². The maximum atomic E-state index is 12.4. The molecule has 0 aliphatic heterocycles. The Morgan fingerprint density at radius 1 is 0.963 bits per heavy atom. The number of nitro benzene ring substituents is 1. The van der Waals surface area contributed by atoms with Crippen molar-refractivity contribution in [3.05, 3.63) is 58.6 Å². The minimum absolute atomic E-state index is 0.0458. The van der Waals surface area contributed by atoms with E-state index < -0.39 is 25.0 Å². The molecule has 2 aromatic carbocycles. The third-order valence-corrected chi connectivity index (χ3v) is 7.23. The van der Waals surface area contributed by atoms with Gasteiger partial charge in [0.05, 0.1) is 14.7 Å². The first-order valence-corrected chi connectivity index (χ1v) is 10.9. The van der Waals surface area contributed by atoms with Crippen LogP contribution in [-0.2, 0) is 20.0 Å². The molecule has 0 spiro atoms. The highest BCUT2D eigenvalue weighted by molar-refractivity contribution is 7.92. The fourth-order valence-corrected chi connectivity index (χ4v) is 4.94. The number of benzene rings is 2. The van der Waals surface area contributed by atoms with Crippen molar-refractivity contribution in [3.63, 3.8) is 0 Å². The van der Waals surface area contributed by atoms with Crippen LogP contribution in [0.4, 0.5) is 11.4 Å². The van der Waals surface area contributed by atoms with Crippen LogP contribution in [-0.4, -0.2) is 39.2 Å². The monoisotopic (exact) mass is 413 g/mol. The number of anilines is 1. The molecule has 2 rings (SSSR count). The van der Waals surface area contributed by atoms with E-state index >= 15 is 0 Å². The molecule has 0 heterocycles. The van der Waals surface area contributed by atoms with Crippen molar-refractivity contribution in [1.82, 2.24) is 4.31 Å². The van der Waals surface area contributed by atoms with E-state index in [9.17, 15) is 26.9 Å². The van der Waals surface area contributed by atoms with Gasteiger partial charge in [0.1, 0.15) is 0 Å². The normalized spacial score (nSPS) is 12.1. The quantitative estimate of drug-likeness (QED) is 0.523. The van der Waals surface area contributed by atoms with Crippen LogP contribution in [0.5, 0.6) is 0 Å². The zero-order valence-electron chi connectivity index (χ0n) is 14.7. The number of hydrogen-bond acceptors (Lipinski definition) is 6. The number of non-ortho nitro benzene ring substituents is 1. The predicted octanol–water partition coefficient (Wildman–Crippen LogP) is 2.43. The molecule has 0 bridgehead atoms. The molecule has 0 saturated heterocycles. The number of nitrogens with zero attached hydrogens (tertiary/aromatic N) is 2. The van der Waals surface area contributed by atoms with Gasteiger partial charge in [0.25, 0.3) is 15.7 Å². The molecule has 11 heteroatoms. The van der Waals surface area contributed by atoms with Crippen LogP contribution in [0.15, 0.2) is 58.3 Å². The second kappa shape index (κ2) is 8.03. The summed E-state index contributed by atoms with van der Waals surface area (Å²) in [6.07, 6.45) is 0. The summed E-state index contributed by atoms with van der Waals surface area (Å²) in [5, 5.41) is 10.8. The molecule has 0 unspecified atom stereocenters. The highest BCUT2D eigenvalue weighted by Crippen LogP contribution is 2.22. The lowest BCUT2D eigenvalue weighted by molar-refractivity contribution is -0.385. The Labute approximate surface area is 157 Å². The van der Waals surface area contributed by atoms with Gasteiger partial charge in [-0.15, -0.1) is 0 Å². The van der Waals surface area contributed by atoms with Crippen LogP contribution < -0.4 is 4.72 Å². The van der Waals surface area contributed by atoms with Crippen LogP contribution in [0.2, 0.25) is 0 Å². The van der Waals surface area contributed by atoms with E-state index in [2.05, 4.69) is 4.72 Å². The highest BCUT2D eigenvalue weighted by atomic mass is 32.2. The first-order chi connectivity index (χ1) is 12.6. The first-order valence-electron chi connectivity index (χ1n) is 7.99. The Morgan fingerprint density at radius 3 is 2.07 bits per heavy atom. The fraction of sp³-hybridized carbons (Fsp3) is 0.250. The molecule has 0 fully saturated rings. The van der Waals surface area contributed by atoms with E-state index in [4.69, 9.17) is 0 Å². The summed E-state index contributed by atoms with van der Waals surface area (Å²) in [5.41, 5.74) is -0.210. The number of rotatable bonds is 8. The van der Waals surface area contributed by atoms with Crippen molar-refractivity contribution in [2.75, 3.05) is 17.8 Å². The number of nitrogens with one attached hydrogen (secondary N) is 1. The van der Waals surface area contributed by atoms with Gasteiger partial charge in [0, 0.05) is 30.9 Å². The molecule has 0 amide bonds. The molecule has 0 aromatic heterocycles. The van der Waals surface area contributed by atoms with Crippen molar-refractivity contribution >= 4 is 31.4 Å². The Morgan fingerprint density at radius 2 is 1.56 bits per heavy atom. The van der Waals surface area contributed by atoms with Crippen LogP contribution in [0.3, 0.4) is 0 Å². The summed E-state index contributed by atoms with van der Waals surface area (Å²) in [7, 11) is -7.71.